The normalized spacial score (nSPS) is 10.3. The van der Waals surface area contributed by atoms with Crippen LogP contribution in [0.4, 0.5) is 17.1 Å². The van der Waals surface area contributed by atoms with Gasteiger partial charge < -0.3 is 10.6 Å². The minimum Gasteiger partial charge on any atom is -0.376 e. The van der Waals surface area contributed by atoms with E-state index in [2.05, 4.69) is 10.6 Å². The van der Waals surface area contributed by atoms with E-state index in [-0.39, 0.29) is 18.1 Å². The molecule has 0 aliphatic carbocycles. The van der Waals surface area contributed by atoms with E-state index >= 15 is 0 Å². The quantitative estimate of drug-likeness (QED) is 0.495. The predicted molar refractivity (Wildman–Crippen MR) is 107 cm³/mol. The second kappa shape index (κ2) is 8.14. The number of nitro benzene ring substituents is 1. The molecule has 6 heteroatoms. The molecular weight excluding hydrogens is 342 g/mol. The van der Waals surface area contributed by atoms with Crippen LogP contribution < -0.4 is 10.6 Å². The number of carbonyl (C=O) groups excluding carboxylic acids is 1. The van der Waals surface area contributed by atoms with E-state index in [4.69, 9.17) is 0 Å². The summed E-state index contributed by atoms with van der Waals surface area (Å²) in [5.74, 6) is -0.232. The van der Waals surface area contributed by atoms with Crippen LogP contribution in [0.3, 0.4) is 0 Å². The van der Waals surface area contributed by atoms with Crippen LogP contribution in [0.5, 0.6) is 0 Å². The van der Waals surface area contributed by atoms with E-state index in [9.17, 15) is 14.9 Å². The van der Waals surface area contributed by atoms with Crippen molar-refractivity contribution < 1.29 is 9.72 Å². The molecular formula is C21H19N3O3. The van der Waals surface area contributed by atoms with Crippen molar-refractivity contribution in [3.05, 3.63) is 88.5 Å². The minimum atomic E-state index is -0.458. The molecule has 0 unspecified atom stereocenters. The van der Waals surface area contributed by atoms with Gasteiger partial charge in [0.2, 0.25) is 5.91 Å². The van der Waals surface area contributed by atoms with Crippen LogP contribution >= 0.6 is 0 Å². The lowest BCUT2D eigenvalue weighted by Crippen LogP contribution is -2.22. The van der Waals surface area contributed by atoms with E-state index in [1.165, 1.54) is 12.1 Å². The number of benzene rings is 3. The monoisotopic (exact) mass is 361 g/mol. The number of hydrogen-bond donors (Lipinski definition) is 2. The Morgan fingerprint density at radius 2 is 1.67 bits per heavy atom. The topological polar surface area (TPSA) is 84.3 Å². The highest BCUT2D eigenvalue weighted by Crippen LogP contribution is 2.27. The Bertz CT molecular complexity index is 971. The van der Waals surface area contributed by atoms with E-state index in [1.807, 2.05) is 61.5 Å². The van der Waals surface area contributed by atoms with Gasteiger partial charge in [0.25, 0.3) is 5.69 Å². The summed E-state index contributed by atoms with van der Waals surface area (Å²) in [7, 11) is 0. The lowest BCUT2D eigenvalue weighted by atomic mass is 10.0. The molecule has 3 aromatic carbocycles. The standard InChI is InChI=1S/C21H19N3O3/c1-15-11-12-17(24(26)27)13-20(15)22-14-21(25)23-19-10-6-5-9-18(19)16-7-3-2-4-8-16/h2-13,22H,14H2,1H3,(H,23,25). The van der Waals surface area contributed by atoms with Crippen molar-refractivity contribution in [3.8, 4) is 11.1 Å². The third-order valence-electron chi connectivity index (χ3n) is 4.16. The van der Waals surface area contributed by atoms with Gasteiger partial charge in [0.05, 0.1) is 11.5 Å². The minimum absolute atomic E-state index is 0.00509. The molecule has 2 N–H and O–H groups in total. The Morgan fingerprint density at radius 1 is 0.963 bits per heavy atom. The Kier molecular flexibility index (Phi) is 5.47. The first-order valence-electron chi connectivity index (χ1n) is 8.48. The second-order valence-corrected chi connectivity index (χ2v) is 6.07. The number of non-ortho nitro benzene ring substituents is 1. The smallest absolute Gasteiger partial charge is 0.271 e. The van der Waals surface area contributed by atoms with Gasteiger partial charge >= 0.3 is 0 Å². The first-order chi connectivity index (χ1) is 13.0. The Hall–Kier alpha value is -3.67. The summed E-state index contributed by atoms with van der Waals surface area (Å²) in [6.45, 7) is 1.83. The molecule has 0 fully saturated rings. The van der Waals surface area contributed by atoms with Crippen LogP contribution in [-0.4, -0.2) is 17.4 Å². The van der Waals surface area contributed by atoms with Gasteiger partial charge in [-0.3, -0.25) is 14.9 Å². The van der Waals surface area contributed by atoms with Gasteiger partial charge in [-0.15, -0.1) is 0 Å². The van der Waals surface area contributed by atoms with Crippen molar-refractivity contribution in [1.82, 2.24) is 0 Å². The van der Waals surface area contributed by atoms with Crippen LogP contribution in [0, 0.1) is 17.0 Å². The molecule has 6 nitrogen and oxygen atoms in total. The van der Waals surface area contributed by atoms with Crippen LogP contribution in [-0.2, 0) is 4.79 Å². The molecule has 0 aliphatic rings. The van der Waals surface area contributed by atoms with Gasteiger partial charge in [0, 0.05) is 29.1 Å². The average molecular weight is 361 g/mol. The molecule has 0 aliphatic heterocycles. The van der Waals surface area contributed by atoms with Crippen LogP contribution in [0.2, 0.25) is 0 Å². The Labute approximate surface area is 157 Å². The maximum Gasteiger partial charge on any atom is 0.271 e. The predicted octanol–water partition coefficient (Wildman–Crippen LogP) is 4.62. The molecule has 0 radical (unpaired) electrons. The number of para-hydroxylation sites is 1. The van der Waals surface area contributed by atoms with Crippen molar-refractivity contribution in [2.45, 2.75) is 6.92 Å². The summed E-state index contributed by atoms with van der Waals surface area (Å²) in [6, 6.07) is 21.9. The van der Waals surface area contributed by atoms with Crippen LogP contribution in [0.1, 0.15) is 5.56 Å². The summed E-state index contributed by atoms with van der Waals surface area (Å²) in [4.78, 5) is 22.8. The summed E-state index contributed by atoms with van der Waals surface area (Å²) in [5, 5.41) is 16.8. The first-order valence-corrected chi connectivity index (χ1v) is 8.48. The molecule has 0 saturated heterocycles. The second-order valence-electron chi connectivity index (χ2n) is 6.07. The van der Waals surface area contributed by atoms with Crippen LogP contribution in [0.25, 0.3) is 11.1 Å². The molecule has 136 valence electrons. The number of anilines is 2. The van der Waals surface area contributed by atoms with Crippen molar-refractivity contribution in [1.29, 1.82) is 0 Å². The first kappa shape index (κ1) is 18.1. The van der Waals surface area contributed by atoms with Gasteiger partial charge in [-0.1, -0.05) is 54.6 Å². The number of nitro groups is 1. The van der Waals surface area contributed by atoms with E-state index in [0.29, 0.717) is 11.4 Å². The fraction of sp³-hybridized carbons (Fsp3) is 0.0952. The van der Waals surface area contributed by atoms with Crippen molar-refractivity contribution in [2.75, 3.05) is 17.2 Å². The molecule has 0 saturated carbocycles. The molecule has 0 bridgehead atoms. The van der Waals surface area contributed by atoms with Crippen molar-refractivity contribution >= 4 is 23.0 Å². The Balaban J connectivity index is 1.71. The highest BCUT2D eigenvalue weighted by atomic mass is 16.6. The lowest BCUT2D eigenvalue weighted by molar-refractivity contribution is -0.384. The number of rotatable bonds is 6. The van der Waals surface area contributed by atoms with Gasteiger partial charge in [-0.05, 0) is 24.1 Å². The summed E-state index contributed by atoms with van der Waals surface area (Å²) >= 11 is 0. The molecule has 1 amide bonds. The SMILES string of the molecule is Cc1ccc([N+](=O)[O-])cc1NCC(=O)Nc1ccccc1-c1ccccc1. The maximum absolute atomic E-state index is 12.4. The lowest BCUT2D eigenvalue weighted by Gasteiger charge is -2.13. The fourth-order valence-corrected chi connectivity index (χ4v) is 2.75. The average Bonchev–Trinajstić information content (AvgIpc) is 2.68. The summed E-state index contributed by atoms with van der Waals surface area (Å²) < 4.78 is 0. The zero-order chi connectivity index (χ0) is 19.2. The summed E-state index contributed by atoms with van der Waals surface area (Å²) in [6.07, 6.45) is 0. The van der Waals surface area contributed by atoms with Gasteiger partial charge in [-0.2, -0.15) is 0 Å². The number of aryl methyl sites for hydroxylation is 1. The molecule has 0 heterocycles. The molecule has 3 rings (SSSR count). The zero-order valence-electron chi connectivity index (χ0n) is 14.8. The summed E-state index contributed by atoms with van der Waals surface area (Å²) in [5.41, 5.74) is 4.03. The number of carbonyl (C=O) groups is 1. The number of nitrogens with one attached hydrogen (secondary N) is 2. The van der Waals surface area contributed by atoms with Gasteiger partial charge in [-0.25, -0.2) is 0 Å². The number of nitrogens with zero attached hydrogens (tertiary/aromatic N) is 1. The third kappa shape index (κ3) is 4.49. The molecule has 27 heavy (non-hydrogen) atoms. The third-order valence-corrected chi connectivity index (χ3v) is 4.16. The molecule has 3 aromatic rings. The number of amides is 1. The fourth-order valence-electron chi connectivity index (χ4n) is 2.75. The Morgan fingerprint density at radius 3 is 2.41 bits per heavy atom. The van der Waals surface area contributed by atoms with Gasteiger partial charge in [0.15, 0.2) is 0 Å². The van der Waals surface area contributed by atoms with Gasteiger partial charge in [0.1, 0.15) is 0 Å². The highest BCUT2D eigenvalue weighted by molar-refractivity contribution is 5.97. The molecule has 0 atom stereocenters. The van der Waals surface area contributed by atoms with E-state index in [0.717, 1.165) is 16.7 Å². The largest absolute Gasteiger partial charge is 0.376 e. The van der Waals surface area contributed by atoms with E-state index in [1.54, 1.807) is 6.07 Å². The van der Waals surface area contributed by atoms with Crippen molar-refractivity contribution in [3.63, 3.8) is 0 Å². The van der Waals surface area contributed by atoms with Crippen molar-refractivity contribution in [2.24, 2.45) is 0 Å². The van der Waals surface area contributed by atoms with E-state index < -0.39 is 4.92 Å². The highest BCUT2D eigenvalue weighted by Gasteiger charge is 2.11. The number of hydrogen-bond acceptors (Lipinski definition) is 4. The molecule has 0 aromatic heterocycles. The molecule has 0 spiro atoms. The zero-order valence-corrected chi connectivity index (χ0v) is 14.8. The maximum atomic E-state index is 12.4. The van der Waals surface area contributed by atoms with Crippen LogP contribution in [0.15, 0.2) is 72.8 Å².